The number of morpholine rings is 1. The van der Waals surface area contributed by atoms with Crippen molar-refractivity contribution >= 4 is 28.0 Å². The molecule has 1 N–H and O–H groups in total. The van der Waals surface area contributed by atoms with Crippen LogP contribution in [0.3, 0.4) is 0 Å². The van der Waals surface area contributed by atoms with Gasteiger partial charge in [-0.05, 0) is 41.4 Å². The number of rotatable bonds is 4. The molecular weight excluding hydrogens is 400 g/mol. The molecule has 1 aliphatic heterocycles. The van der Waals surface area contributed by atoms with E-state index in [1.54, 1.807) is 17.1 Å². The number of ether oxygens (including phenoxy) is 1. The van der Waals surface area contributed by atoms with Gasteiger partial charge < -0.3 is 14.2 Å². The monoisotopic (exact) mass is 422 g/mol. The van der Waals surface area contributed by atoms with Gasteiger partial charge in [0.1, 0.15) is 12.1 Å². The predicted octanol–water partition coefficient (Wildman–Crippen LogP) is 2.77. The van der Waals surface area contributed by atoms with Crippen LogP contribution in [0, 0.1) is 0 Å². The molecular formula is C21H22N6O2S. The van der Waals surface area contributed by atoms with Crippen molar-refractivity contribution in [3.05, 3.63) is 48.8 Å². The first kappa shape index (κ1) is 19.1. The Balaban J connectivity index is 1.73. The van der Waals surface area contributed by atoms with E-state index in [1.807, 2.05) is 36.5 Å². The zero-order chi connectivity index (χ0) is 20.7. The van der Waals surface area contributed by atoms with Crippen molar-refractivity contribution in [3.63, 3.8) is 0 Å². The molecule has 0 spiro atoms. The summed E-state index contributed by atoms with van der Waals surface area (Å²) < 4.78 is 19.4. The number of aromatic amines is 1. The van der Waals surface area contributed by atoms with Crippen LogP contribution in [0.1, 0.15) is 6.92 Å². The topological polar surface area (TPSA) is 94.9 Å². The summed E-state index contributed by atoms with van der Waals surface area (Å²) in [5.41, 5.74) is 2.74. The maximum absolute atomic E-state index is 12.1. The number of benzene rings is 1. The second-order valence-corrected chi connectivity index (χ2v) is 8.74. The number of fused-ring (bicyclic) bond motifs is 1. The van der Waals surface area contributed by atoms with Gasteiger partial charge in [0.15, 0.2) is 16.4 Å². The maximum Gasteiger partial charge on any atom is 0.167 e. The molecule has 0 bridgehead atoms. The van der Waals surface area contributed by atoms with E-state index in [-0.39, 0.29) is 6.04 Å². The maximum atomic E-state index is 12.1. The number of aromatic nitrogens is 5. The molecule has 0 saturated carbocycles. The second-order valence-electron chi connectivity index (χ2n) is 7.36. The Hall–Kier alpha value is -2.88. The summed E-state index contributed by atoms with van der Waals surface area (Å²) in [6, 6.07) is 12.0. The van der Waals surface area contributed by atoms with Crippen molar-refractivity contribution in [1.29, 1.82) is 0 Å². The normalized spacial score (nSPS) is 18.1. The van der Waals surface area contributed by atoms with E-state index in [1.165, 1.54) is 0 Å². The van der Waals surface area contributed by atoms with Crippen LogP contribution in [-0.4, -0.2) is 61.6 Å². The van der Waals surface area contributed by atoms with Gasteiger partial charge in [0.25, 0.3) is 0 Å². The van der Waals surface area contributed by atoms with Crippen LogP contribution >= 0.6 is 0 Å². The first-order valence-corrected chi connectivity index (χ1v) is 11.3. The zero-order valence-corrected chi connectivity index (χ0v) is 17.6. The minimum atomic E-state index is -1.06. The van der Waals surface area contributed by atoms with Gasteiger partial charge in [-0.1, -0.05) is 12.1 Å². The molecule has 3 aromatic heterocycles. The molecule has 0 amide bonds. The second kappa shape index (κ2) is 7.75. The van der Waals surface area contributed by atoms with Crippen LogP contribution < -0.4 is 4.90 Å². The third kappa shape index (κ3) is 3.34. The van der Waals surface area contributed by atoms with Crippen molar-refractivity contribution in [3.8, 4) is 16.9 Å². The molecule has 0 radical (unpaired) electrons. The summed E-state index contributed by atoms with van der Waals surface area (Å²) in [4.78, 5) is 8.03. The molecule has 1 aliphatic rings. The van der Waals surface area contributed by atoms with Crippen LogP contribution in [0.2, 0.25) is 0 Å². The number of hydrogen-bond donors (Lipinski definition) is 1. The third-order valence-corrected chi connectivity index (χ3v) is 6.30. The lowest BCUT2D eigenvalue weighted by atomic mass is 10.0. The first-order valence-electron chi connectivity index (χ1n) is 9.78. The summed E-state index contributed by atoms with van der Waals surface area (Å²) in [6.45, 7) is 4.25. The van der Waals surface area contributed by atoms with Gasteiger partial charge in [-0.15, -0.1) is 0 Å². The average molecular weight is 423 g/mol. The number of H-pyrrole nitrogens is 1. The summed E-state index contributed by atoms with van der Waals surface area (Å²) in [5.74, 6) is 1.62. The van der Waals surface area contributed by atoms with Crippen molar-refractivity contribution < 1.29 is 9.29 Å². The highest BCUT2D eigenvalue weighted by molar-refractivity contribution is 7.90. The Kier molecular flexibility index (Phi) is 4.93. The summed E-state index contributed by atoms with van der Waals surface area (Å²) in [6.07, 6.45) is 5.21. The molecule has 8 nitrogen and oxygen atoms in total. The molecule has 154 valence electrons. The molecule has 4 heterocycles. The zero-order valence-electron chi connectivity index (χ0n) is 16.8. The minimum absolute atomic E-state index is 0.217. The number of nitrogens with one attached hydrogen (secondary N) is 1. The molecule has 4 aromatic rings. The smallest absolute Gasteiger partial charge is 0.167 e. The highest BCUT2D eigenvalue weighted by atomic mass is 32.2. The van der Waals surface area contributed by atoms with Crippen molar-refractivity contribution in [2.45, 2.75) is 17.9 Å². The number of pyridine rings is 1. The van der Waals surface area contributed by atoms with Crippen LogP contribution in [-0.2, 0) is 15.9 Å². The molecule has 1 fully saturated rings. The largest absolute Gasteiger partial charge is 0.612 e. The molecule has 9 heteroatoms. The van der Waals surface area contributed by atoms with E-state index in [2.05, 4.69) is 33.2 Å². The fraction of sp³-hybridized carbons (Fsp3) is 0.286. The van der Waals surface area contributed by atoms with Crippen molar-refractivity contribution in [2.75, 3.05) is 30.9 Å². The highest BCUT2D eigenvalue weighted by Crippen LogP contribution is 2.34. The van der Waals surface area contributed by atoms with E-state index in [4.69, 9.17) is 9.72 Å². The van der Waals surface area contributed by atoms with E-state index in [0.29, 0.717) is 13.2 Å². The number of hydrogen-bond acceptors (Lipinski definition) is 6. The lowest BCUT2D eigenvalue weighted by Gasteiger charge is -2.34. The van der Waals surface area contributed by atoms with E-state index >= 15 is 0 Å². The SMILES string of the molecule is C[C@@H]1COCCN1c1cc(-c2cccc([S+](C)[O-])c2)c2cnn(-c3ccn[nH]3)c2n1. The highest BCUT2D eigenvalue weighted by Gasteiger charge is 2.23. The van der Waals surface area contributed by atoms with Gasteiger partial charge in [-0.2, -0.15) is 14.9 Å². The van der Waals surface area contributed by atoms with Gasteiger partial charge in [0.2, 0.25) is 0 Å². The van der Waals surface area contributed by atoms with Crippen LogP contribution in [0.25, 0.3) is 28.0 Å². The van der Waals surface area contributed by atoms with Crippen molar-refractivity contribution in [1.82, 2.24) is 25.0 Å². The standard InChI is InChI=1S/C21H22N6O2S/c1-14-13-29-9-8-26(14)20-11-17(15-4-3-5-16(10-15)30(2)28)18-12-23-27(21(18)24-20)19-6-7-22-25-19/h3-7,10-12,14H,8-9,13H2,1-2H3,(H,22,25)/t14-,30?/m1/s1. The lowest BCUT2D eigenvalue weighted by Crippen LogP contribution is -2.44. The minimum Gasteiger partial charge on any atom is -0.612 e. The predicted molar refractivity (Wildman–Crippen MR) is 116 cm³/mol. The van der Waals surface area contributed by atoms with Crippen LogP contribution in [0.4, 0.5) is 5.82 Å². The van der Waals surface area contributed by atoms with Crippen LogP contribution in [0.15, 0.2) is 53.7 Å². The molecule has 5 rings (SSSR count). The summed E-state index contributed by atoms with van der Waals surface area (Å²) in [5, 5.41) is 12.5. The van der Waals surface area contributed by atoms with Crippen LogP contribution in [0.5, 0.6) is 0 Å². The van der Waals surface area contributed by atoms with Gasteiger partial charge in [-0.25, -0.2) is 4.98 Å². The molecule has 0 aliphatic carbocycles. The van der Waals surface area contributed by atoms with Gasteiger partial charge in [-0.3, -0.25) is 5.10 Å². The molecule has 1 unspecified atom stereocenters. The molecule has 1 saturated heterocycles. The fourth-order valence-electron chi connectivity index (χ4n) is 3.83. The molecule has 2 atom stereocenters. The number of nitrogens with zero attached hydrogens (tertiary/aromatic N) is 5. The van der Waals surface area contributed by atoms with E-state index in [9.17, 15) is 4.55 Å². The van der Waals surface area contributed by atoms with Gasteiger partial charge in [0, 0.05) is 24.1 Å². The lowest BCUT2D eigenvalue weighted by molar-refractivity contribution is 0.0986. The molecule has 30 heavy (non-hydrogen) atoms. The fourth-order valence-corrected chi connectivity index (χ4v) is 4.39. The molecule has 1 aromatic carbocycles. The average Bonchev–Trinajstić information content (AvgIpc) is 3.43. The summed E-state index contributed by atoms with van der Waals surface area (Å²) >= 11 is -1.06. The summed E-state index contributed by atoms with van der Waals surface area (Å²) in [7, 11) is 0. The Bertz CT molecular complexity index is 1170. The first-order chi connectivity index (χ1) is 14.6. The van der Waals surface area contributed by atoms with E-state index < -0.39 is 11.2 Å². The Labute approximate surface area is 177 Å². The third-order valence-electron chi connectivity index (χ3n) is 5.38. The quantitative estimate of drug-likeness (QED) is 0.508. The Morgan fingerprint density at radius 2 is 2.17 bits per heavy atom. The van der Waals surface area contributed by atoms with E-state index in [0.717, 1.165) is 45.2 Å². The Morgan fingerprint density at radius 3 is 2.93 bits per heavy atom. The van der Waals surface area contributed by atoms with Gasteiger partial charge in [0.05, 0.1) is 31.6 Å². The number of anilines is 1. The Morgan fingerprint density at radius 1 is 1.27 bits per heavy atom. The van der Waals surface area contributed by atoms with Crippen molar-refractivity contribution in [2.24, 2.45) is 0 Å². The van der Waals surface area contributed by atoms with Gasteiger partial charge >= 0.3 is 0 Å².